The van der Waals surface area contributed by atoms with Gasteiger partial charge in [-0.15, -0.1) is 0 Å². The van der Waals surface area contributed by atoms with E-state index >= 15 is 0 Å². The number of halogens is 3. The lowest BCUT2D eigenvalue weighted by Gasteiger charge is -2.27. The Bertz CT molecular complexity index is 587. The maximum absolute atomic E-state index is 13.3. The zero-order chi connectivity index (χ0) is 18.6. The normalized spacial score (nSPS) is 22.4. The van der Waals surface area contributed by atoms with Crippen molar-refractivity contribution >= 4 is 11.7 Å². The zero-order valence-electron chi connectivity index (χ0n) is 14.8. The van der Waals surface area contributed by atoms with Crippen LogP contribution in [0.4, 0.5) is 23.7 Å². The highest BCUT2D eigenvalue weighted by molar-refractivity contribution is 5.74. The molecule has 1 saturated heterocycles. The number of carbonyl (C=O) groups is 1. The fourth-order valence-electron chi connectivity index (χ4n) is 4.06. The average Bonchev–Trinajstić information content (AvgIpc) is 3.29. The van der Waals surface area contributed by atoms with Gasteiger partial charge in [-0.05, 0) is 43.2 Å². The van der Waals surface area contributed by atoms with Gasteiger partial charge in [0.15, 0.2) is 0 Å². The van der Waals surface area contributed by atoms with Crippen LogP contribution in [0.5, 0.6) is 0 Å². The number of nitrogens with one attached hydrogen (secondary N) is 2. The second-order valence-electron chi connectivity index (χ2n) is 7.35. The van der Waals surface area contributed by atoms with Gasteiger partial charge in [0.25, 0.3) is 0 Å². The Balaban J connectivity index is 1.46. The van der Waals surface area contributed by atoms with Gasteiger partial charge in [0.1, 0.15) is 6.04 Å². The number of anilines is 1. The molecule has 2 atom stereocenters. The van der Waals surface area contributed by atoms with Crippen LogP contribution in [0.25, 0.3) is 0 Å². The molecule has 7 heteroatoms. The molecule has 2 fully saturated rings. The van der Waals surface area contributed by atoms with Crippen molar-refractivity contribution in [3.63, 3.8) is 0 Å². The Morgan fingerprint density at radius 1 is 1.15 bits per heavy atom. The van der Waals surface area contributed by atoms with Crippen LogP contribution in [0.15, 0.2) is 30.3 Å². The van der Waals surface area contributed by atoms with E-state index in [1.807, 2.05) is 30.3 Å². The quantitative estimate of drug-likeness (QED) is 0.826. The molecule has 0 bridgehead atoms. The van der Waals surface area contributed by atoms with Crippen molar-refractivity contribution in [1.82, 2.24) is 10.6 Å². The second-order valence-corrected chi connectivity index (χ2v) is 7.35. The Labute approximate surface area is 152 Å². The predicted molar refractivity (Wildman–Crippen MR) is 95.1 cm³/mol. The number of para-hydroxylation sites is 1. The molecular weight excluding hydrogens is 343 g/mol. The summed E-state index contributed by atoms with van der Waals surface area (Å²) in [5, 5.41) is 4.82. The number of alkyl halides is 3. The number of urea groups is 1. The first-order chi connectivity index (χ1) is 12.4. The highest BCUT2D eigenvalue weighted by Crippen LogP contribution is 2.35. The van der Waals surface area contributed by atoms with Crippen LogP contribution in [0.3, 0.4) is 0 Å². The number of rotatable bonds is 5. The Morgan fingerprint density at radius 3 is 2.50 bits per heavy atom. The summed E-state index contributed by atoms with van der Waals surface area (Å²) in [7, 11) is 0. The number of hydrogen-bond donors (Lipinski definition) is 2. The molecule has 4 nitrogen and oxygen atoms in total. The minimum atomic E-state index is -4.40. The molecule has 1 aromatic rings. The smallest absolute Gasteiger partial charge is 0.371 e. The SMILES string of the molecule is O=C(NC[C@@H]1CCN(c2ccccc2)C1)N[C@H](C1CCCC1)C(F)(F)F. The molecule has 0 aromatic heterocycles. The number of carbonyl (C=O) groups excluding carboxylic acids is 1. The fraction of sp³-hybridized carbons (Fsp3) is 0.632. The third-order valence-corrected chi connectivity index (χ3v) is 5.47. The van der Waals surface area contributed by atoms with E-state index in [0.717, 1.165) is 38.0 Å². The van der Waals surface area contributed by atoms with Gasteiger partial charge in [0.2, 0.25) is 0 Å². The zero-order valence-corrected chi connectivity index (χ0v) is 14.8. The van der Waals surface area contributed by atoms with Crippen molar-refractivity contribution < 1.29 is 18.0 Å². The molecule has 3 rings (SSSR count). The van der Waals surface area contributed by atoms with Gasteiger partial charge in [0.05, 0.1) is 0 Å². The van der Waals surface area contributed by atoms with Crippen molar-refractivity contribution in [3.05, 3.63) is 30.3 Å². The molecule has 0 radical (unpaired) electrons. The summed E-state index contributed by atoms with van der Waals surface area (Å²) in [5.41, 5.74) is 1.14. The van der Waals surface area contributed by atoms with E-state index in [-0.39, 0.29) is 5.92 Å². The van der Waals surface area contributed by atoms with Crippen molar-refractivity contribution in [2.24, 2.45) is 11.8 Å². The van der Waals surface area contributed by atoms with E-state index in [2.05, 4.69) is 15.5 Å². The van der Waals surface area contributed by atoms with Gasteiger partial charge in [0, 0.05) is 25.3 Å². The predicted octanol–water partition coefficient (Wildman–Crippen LogP) is 3.93. The molecule has 2 N–H and O–H groups in total. The van der Waals surface area contributed by atoms with Crippen LogP contribution < -0.4 is 15.5 Å². The molecule has 1 aliphatic heterocycles. The fourth-order valence-corrected chi connectivity index (χ4v) is 4.06. The third-order valence-electron chi connectivity index (χ3n) is 5.47. The molecule has 26 heavy (non-hydrogen) atoms. The molecule has 2 aliphatic rings. The highest BCUT2D eigenvalue weighted by atomic mass is 19.4. The van der Waals surface area contributed by atoms with Crippen LogP contribution in [0.1, 0.15) is 32.1 Å². The van der Waals surface area contributed by atoms with Gasteiger partial charge in [-0.2, -0.15) is 13.2 Å². The summed E-state index contributed by atoms with van der Waals surface area (Å²) in [5.74, 6) is -0.252. The minimum Gasteiger partial charge on any atom is -0.371 e. The summed E-state index contributed by atoms with van der Waals surface area (Å²) in [6.45, 7) is 2.09. The standard InChI is InChI=1S/C19H26F3N3O/c20-19(21,22)17(15-6-4-5-7-15)24-18(26)23-12-14-10-11-25(13-14)16-8-2-1-3-9-16/h1-3,8-9,14-15,17H,4-7,10-13H2,(H2,23,24,26)/t14-,17+/m0/s1. The number of hydrogen-bond acceptors (Lipinski definition) is 2. The lowest BCUT2D eigenvalue weighted by atomic mass is 9.98. The average molecular weight is 369 g/mol. The van der Waals surface area contributed by atoms with E-state index in [4.69, 9.17) is 0 Å². The summed E-state index contributed by atoms with van der Waals surface area (Å²) >= 11 is 0. The maximum Gasteiger partial charge on any atom is 0.408 e. The topological polar surface area (TPSA) is 44.4 Å². The van der Waals surface area contributed by atoms with Crippen LogP contribution in [0, 0.1) is 11.8 Å². The van der Waals surface area contributed by atoms with Crippen LogP contribution in [-0.2, 0) is 0 Å². The van der Waals surface area contributed by atoms with E-state index in [0.29, 0.717) is 19.4 Å². The van der Waals surface area contributed by atoms with Crippen molar-refractivity contribution in [1.29, 1.82) is 0 Å². The molecule has 1 saturated carbocycles. The van der Waals surface area contributed by atoms with E-state index in [9.17, 15) is 18.0 Å². The van der Waals surface area contributed by atoms with Crippen LogP contribution in [0.2, 0.25) is 0 Å². The number of nitrogens with zero attached hydrogens (tertiary/aromatic N) is 1. The molecule has 1 heterocycles. The van der Waals surface area contributed by atoms with Gasteiger partial charge in [-0.1, -0.05) is 31.0 Å². The number of amides is 2. The molecule has 0 unspecified atom stereocenters. The Kier molecular flexibility index (Phi) is 5.94. The lowest BCUT2D eigenvalue weighted by Crippen LogP contribution is -2.53. The summed E-state index contributed by atoms with van der Waals surface area (Å²) < 4.78 is 39.8. The molecule has 1 aromatic carbocycles. The largest absolute Gasteiger partial charge is 0.408 e. The monoisotopic (exact) mass is 369 g/mol. The maximum atomic E-state index is 13.3. The van der Waals surface area contributed by atoms with Crippen molar-refractivity contribution in [2.45, 2.75) is 44.3 Å². The van der Waals surface area contributed by atoms with Crippen molar-refractivity contribution in [3.8, 4) is 0 Å². The third kappa shape index (κ3) is 4.83. The van der Waals surface area contributed by atoms with Gasteiger partial charge in [-0.3, -0.25) is 0 Å². The molecular formula is C19H26F3N3O. The minimum absolute atomic E-state index is 0.247. The molecule has 2 amide bonds. The first-order valence-corrected chi connectivity index (χ1v) is 9.34. The molecule has 1 aliphatic carbocycles. The number of benzene rings is 1. The Morgan fingerprint density at radius 2 is 1.85 bits per heavy atom. The summed E-state index contributed by atoms with van der Waals surface area (Å²) in [6, 6.07) is 7.55. The van der Waals surface area contributed by atoms with Gasteiger partial charge >= 0.3 is 12.2 Å². The highest BCUT2D eigenvalue weighted by Gasteiger charge is 2.46. The van der Waals surface area contributed by atoms with E-state index in [1.54, 1.807) is 0 Å². The summed E-state index contributed by atoms with van der Waals surface area (Å²) in [6.07, 6.45) is -0.821. The van der Waals surface area contributed by atoms with Crippen LogP contribution >= 0.6 is 0 Å². The molecule has 144 valence electrons. The first kappa shape index (κ1) is 18.9. The summed E-state index contributed by atoms with van der Waals surface area (Å²) in [4.78, 5) is 14.3. The van der Waals surface area contributed by atoms with E-state index in [1.165, 1.54) is 0 Å². The second kappa shape index (κ2) is 8.18. The Hall–Kier alpha value is -1.92. The first-order valence-electron chi connectivity index (χ1n) is 9.34. The van der Waals surface area contributed by atoms with Crippen LogP contribution in [-0.4, -0.2) is 37.9 Å². The van der Waals surface area contributed by atoms with Gasteiger partial charge < -0.3 is 15.5 Å². The van der Waals surface area contributed by atoms with E-state index < -0.39 is 24.2 Å². The lowest BCUT2D eigenvalue weighted by molar-refractivity contribution is -0.164. The van der Waals surface area contributed by atoms with Crippen molar-refractivity contribution in [2.75, 3.05) is 24.5 Å². The van der Waals surface area contributed by atoms with Gasteiger partial charge in [-0.25, -0.2) is 4.79 Å². The molecule has 0 spiro atoms.